The normalized spacial score (nSPS) is 14.3. The zero-order valence-corrected chi connectivity index (χ0v) is 27.0. The van der Waals surface area contributed by atoms with Crippen LogP contribution in [0.4, 0.5) is 0 Å². The zero-order valence-electron chi connectivity index (χ0n) is 27.0. The van der Waals surface area contributed by atoms with Crippen molar-refractivity contribution in [3.8, 4) is 0 Å². The first-order valence-corrected chi connectivity index (χ1v) is 16.7. The SMILES string of the molecule is CCCCC/C=C\C=C/[C@@H](O)C/C=C\C/C=C/CCCC(=O)OC[C@H](O)COC(=O)CCCCCCCCC(C)CC. The van der Waals surface area contributed by atoms with Crippen LogP contribution in [-0.2, 0) is 19.1 Å². The number of aliphatic hydroxyl groups excluding tert-OH is 2. The molecule has 2 N–H and O–H groups in total. The van der Waals surface area contributed by atoms with Crippen molar-refractivity contribution in [2.75, 3.05) is 13.2 Å². The molecule has 0 heterocycles. The number of ether oxygens (including phenoxy) is 2. The molecule has 3 atom stereocenters. The summed E-state index contributed by atoms with van der Waals surface area (Å²) >= 11 is 0. The topological polar surface area (TPSA) is 93.1 Å². The number of hydrogen-bond donors (Lipinski definition) is 2. The number of hydrogen-bond acceptors (Lipinski definition) is 6. The highest BCUT2D eigenvalue weighted by atomic mass is 16.6. The van der Waals surface area contributed by atoms with E-state index in [0.717, 1.165) is 44.4 Å². The molecule has 0 aliphatic carbocycles. The lowest BCUT2D eigenvalue weighted by Crippen LogP contribution is -2.25. The largest absolute Gasteiger partial charge is 0.463 e. The molecule has 0 fully saturated rings. The van der Waals surface area contributed by atoms with Crippen LogP contribution in [0.3, 0.4) is 0 Å². The van der Waals surface area contributed by atoms with Crippen molar-refractivity contribution in [3.05, 3.63) is 48.6 Å². The third kappa shape index (κ3) is 29.3. The Hall–Kier alpha value is -2.18. The second kappa shape index (κ2) is 30.3. The molecule has 0 aromatic heterocycles. The molecular formula is C36H62O6. The summed E-state index contributed by atoms with van der Waals surface area (Å²) in [6, 6.07) is 0. The lowest BCUT2D eigenvalue weighted by Gasteiger charge is -2.12. The van der Waals surface area contributed by atoms with Crippen LogP contribution in [0, 0.1) is 5.92 Å². The van der Waals surface area contributed by atoms with E-state index in [0.29, 0.717) is 19.3 Å². The summed E-state index contributed by atoms with van der Waals surface area (Å²) in [6.07, 6.45) is 31.9. The molecule has 0 aliphatic heterocycles. The first kappa shape index (κ1) is 39.8. The van der Waals surface area contributed by atoms with E-state index < -0.39 is 12.2 Å². The van der Waals surface area contributed by atoms with Crippen molar-refractivity contribution in [1.29, 1.82) is 0 Å². The summed E-state index contributed by atoms with van der Waals surface area (Å²) in [4.78, 5) is 23.7. The number of unbranched alkanes of at least 4 members (excludes halogenated alkanes) is 9. The molecule has 0 radical (unpaired) electrons. The van der Waals surface area contributed by atoms with E-state index in [-0.39, 0.29) is 31.6 Å². The molecule has 0 bridgehead atoms. The summed E-state index contributed by atoms with van der Waals surface area (Å²) in [5, 5.41) is 19.9. The van der Waals surface area contributed by atoms with Gasteiger partial charge in [-0.05, 0) is 50.9 Å². The van der Waals surface area contributed by atoms with E-state index in [1.165, 1.54) is 51.4 Å². The van der Waals surface area contributed by atoms with Gasteiger partial charge in [0.15, 0.2) is 0 Å². The van der Waals surface area contributed by atoms with E-state index in [4.69, 9.17) is 9.47 Å². The third-order valence-electron chi connectivity index (χ3n) is 7.19. The molecule has 6 heteroatoms. The van der Waals surface area contributed by atoms with E-state index >= 15 is 0 Å². The molecule has 6 nitrogen and oxygen atoms in total. The van der Waals surface area contributed by atoms with E-state index in [1.54, 1.807) is 6.08 Å². The summed E-state index contributed by atoms with van der Waals surface area (Å²) in [5.74, 6) is 0.140. The van der Waals surface area contributed by atoms with Gasteiger partial charge in [0.2, 0.25) is 0 Å². The minimum atomic E-state index is -1.00. The van der Waals surface area contributed by atoms with Crippen LogP contribution in [0.5, 0.6) is 0 Å². The highest BCUT2D eigenvalue weighted by molar-refractivity contribution is 5.69. The van der Waals surface area contributed by atoms with E-state index in [9.17, 15) is 19.8 Å². The lowest BCUT2D eigenvalue weighted by atomic mass is 10.00. The number of esters is 2. The first-order valence-electron chi connectivity index (χ1n) is 16.7. The van der Waals surface area contributed by atoms with Crippen molar-refractivity contribution in [2.24, 2.45) is 5.92 Å². The zero-order chi connectivity index (χ0) is 31.1. The van der Waals surface area contributed by atoms with Crippen molar-refractivity contribution in [3.63, 3.8) is 0 Å². The molecular weight excluding hydrogens is 528 g/mol. The quantitative estimate of drug-likeness (QED) is 0.0410. The second-order valence-electron chi connectivity index (χ2n) is 11.4. The number of rotatable bonds is 28. The van der Waals surface area contributed by atoms with Crippen LogP contribution in [0.15, 0.2) is 48.6 Å². The van der Waals surface area contributed by atoms with Gasteiger partial charge in [-0.1, -0.05) is 127 Å². The Bertz CT molecular complexity index is 754. The van der Waals surface area contributed by atoms with Gasteiger partial charge in [-0.2, -0.15) is 0 Å². The maximum atomic E-state index is 11.9. The smallest absolute Gasteiger partial charge is 0.305 e. The predicted molar refractivity (Wildman–Crippen MR) is 174 cm³/mol. The molecule has 0 saturated heterocycles. The maximum absolute atomic E-state index is 11.9. The van der Waals surface area contributed by atoms with Gasteiger partial charge >= 0.3 is 11.9 Å². The first-order chi connectivity index (χ1) is 20.4. The summed E-state index contributed by atoms with van der Waals surface area (Å²) in [6.45, 7) is 6.42. The highest BCUT2D eigenvalue weighted by Crippen LogP contribution is 2.14. The van der Waals surface area contributed by atoms with Gasteiger partial charge in [-0.15, -0.1) is 0 Å². The van der Waals surface area contributed by atoms with Crippen LogP contribution < -0.4 is 0 Å². The van der Waals surface area contributed by atoms with Crippen LogP contribution in [0.2, 0.25) is 0 Å². The van der Waals surface area contributed by atoms with Gasteiger partial charge in [-0.25, -0.2) is 0 Å². The van der Waals surface area contributed by atoms with Crippen molar-refractivity contribution >= 4 is 11.9 Å². The Morgan fingerprint density at radius 1 is 0.690 bits per heavy atom. The Labute approximate surface area is 257 Å². The van der Waals surface area contributed by atoms with Crippen molar-refractivity contribution in [2.45, 2.75) is 149 Å². The Balaban J connectivity index is 3.68. The fourth-order valence-corrected chi connectivity index (χ4v) is 4.19. The fourth-order valence-electron chi connectivity index (χ4n) is 4.19. The number of aliphatic hydroxyl groups is 2. The number of carbonyl (C=O) groups is 2. The van der Waals surface area contributed by atoms with Gasteiger partial charge in [0, 0.05) is 12.8 Å². The Kier molecular flexibility index (Phi) is 28.7. The molecule has 0 spiro atoms. The molecule has 0 amide bonds. The second-order valence-corrected chi connectivity index (χ2v) is 11.4. The average Bonchev–Trinajstić information content (AvgIpc) is 2.98. The molecule has 0 rings (SSSR count). The van der Waals surface area contributed by atoms with Gasteiger partial charge < -0.3 is 19.7 Å². The van der Waals surface area contributed by atoms with Crippen LogP contribution >= 0.6 is 0 Å². The summed E-state index contributed by atoms with van der Waals surface area (Å²) in [7, 11) is 0. The Morgan fingerprint density at radius 3 is 2.00 bits per heavy atom. The number of allylic oxidation sites excluding steroid dienone is 6. The minimum Gasteiger partial charge on any atom is -0.463 e. The molecule has 0 saturated carbocycles. The van der Waals surface area contributed by atoms with Crippen molar-refractivity contribution < 1.29 is 29.3 Å². The highest BCUT2D eigenvalue weighted by Gasteiger charge is 2.12. The predicted octanol–water partition coefficient (Wildman–Crippen LogP) is 8.72. The van der Waals surface area contributed by atoms with Crippen molar-refractivity contribution in [1.82, 2.24) is 0 Å². The molecule has 42 heavy (non-hydrogen) atoms. The van der Waals surface area contributed by atoms with Crippen LogP contribution in [0.1, 0.15) is 136 Å². The Morgan fingerprint density at radius 2 is 1.31 bits per heavy atom. The van der Waals surface area contributed by atoms with Crippen LogP contribution in [0.25, 0.3) is 0 Å². The van der Waals surface area contributed by atoms with Gasteiger partial charge in [0.25, 0.3) is 0 Å². The maximum Gasteiger partial charge on any atom is 0.305 e. The molecule has 1 unspecified atom stereocenters. The molecule has 0 aromatic rings. The lowest BCUT2D eigenvalue weighted by molar-refractivity contribution is -0.152. The number of carbonyl (C=O) groups excluding carboxylic acids is 2. The average molecular weight is 591 g/mol. The van der Waals surface area contributed by atoms with E-state index in [1.807, 2.05) is 36.5 Å². The third-order valence-corrected chi connectivity index (χ3v) is 7.19. The summed E-state index contributed by atoms with van der Waals surface area (Å²) in [5.41, 5.74) is 0. The fraction of sp³-hybridized carbons (Fsp3) is 0.722. The summed E-state index contributed by atoms with van der Waals surface area (Å²) < 4.78 is 10.2. The monoisotopic (exact) mass is 590 g/mol. The van der Waals surface area contributed by atoms with Gasteiger partial charge in [0.1, 0.15) is 19.3 Å². The van der Waals surface area contributed by atoms with Crippen LogP contribution in [-0.4, -0.2) is 47.6 Å². The molecule has 242 valence electrons. The van der Waals surface area contributed by atoms with E-state index in [2.05, 4.69) is 26.8 Å². The standard InChI is InChI=1S/C36H62O6/c1-4-6-7-8-10-16-21-26-33(37)27-22-17-11-9-12-18-23-28-35(39)41-30-34(38)31-42-36(40)29-24-19-14-13-15-20-25-32(3)5-2/h9-10,12,16-17,21-22,26,32-34,37-38H,4-8,11,13-15,18-20,23-25,27-31H2,1-3H3/b12-9+,16-10-,22-17-,26-21-/t32?,33-,34+/m1/s1. The van der Waals surface area contributed by atoms with Gasteiger partial charge in [-0.3, -0.25) is 9.59 Å². The molecule has 0 aromatic carbocycles. The minimum absolute atomic E-state index is 0.151. The molecule has 0 aliphatic rings. The van der Waals surface area contributed by atoms with Gasteiger partial charge in [0.05, 0.1) is 6.10 Å².